The van der Waals surface area contributed by atoms with E-state index in [9.17, 15) is 0 Å². The molecule has 2 aliphatic rings. The van der Waals surface area contributed by atoms with Gasteiger partial charge in [-0.3, -0.25) is 0 Å². The summed E-state index contributed by atoms with van der Waals surface area (Å²) >= 11 is 0. The van der Waals surface area contributed by atoms with E-state index in [4.69, 9.17) is 5.73 Å². The van der Waals surface area contributed by atoms with E-state index in [2.05, 4.69) is 31.2 Å². The quantitative estimate of drug-likeness (QED) is 0.805. The molecule has 1 saturated carbocycles. The Hall–Kier alpha value is -0.820. The number of nitrogens with two attached hydrogens (primary N) is 1. The van der Waals surface area contributed by atoms with Gasteiger partial charge >= 0.3 is 0 Å². The molecule has 0 radical (unpaired) electrons. The van der Waals surface area contributed by atoms with Crippen LogP contribution in [0.15, 0.2) is 24.3 Å². The molecule has 1 aromatic carbocycles. The predicted molar refractivity (Wildman–Crippen MR) is 67.4 cm³/mol. The highest BCUT2D eigenvalue weighted by molar-refractivity contribution is 5.37. The highest BCUT2D eigenvalue weighted by atomic mass is 14.9. The summed E-state index contributed by atoms with van der Waals surface area (Å²) in [6.45, 7) is 2.27. The van der Waals surface area contributed by atoms with Crippen LogP contribution in [0.5, 0.6) is 0 Å². The van der Waals surface area contributed by atoms with E-state index in [-0.39, 0.29) is 5.54 Å². The molecule has 0 heterocycles. The lowest BCUT2D eigenvalue weighted by Gasteiger charge is -2.31. The van der Waals surface area contributed by atoms with Gasteiger partial charge in [0.25, 0.3) is 0 Å². The smallest absolute Gasteiger partial charge is 0.0256 e. The maximum Gasteiger partial charge on any atom is 0.0256 e. The van der Waals surface area contributed by atoms with Crippen LogP contribution in [0, 0.1) is 5.92 Å². The van der Waals surface area contributed by atoms with Gasteiger partial charge in [0.15, 0.2) is 0 Å². The molecule has 0 bridgehead atoms. The van der Waals surface area contributed by atoms with Crippen LogP contribution >= 0.6 is 0 Å². The lowest BCUT2D eigenvalue weighted by atomic mass is 9.77. The van der Waals surface area contributed by atoms with Crippen molar-refractivity contribution in [3.8, 4) is 0 Å². The summed E-state index contributed by atoms with van der Waals surface area (Å²) in [4.78, 5) is 0. The van der Waals surface area contributed by atoms with Crippen LogP contribution in [0.3, 0.4) is 0 Å². The molecule has 2 N–H and O–H groups in total. The lowest BCUT2D eigenvalue weighted by molar-refractivity contribution is 0.418. The minimum absolute atomic E-state index is 0.130. The Morgan fingerprint density at radius 3 is 2.94 bits per heavy atom. The second-order valence-corrected chi connectivity index (χ2v) is 5.57. The molecule has 86 valence electrons. The molecule has 0 amide bonds. The Balaban J connectivity index is 1.94. The van der Waals surface area contributed by atoms with Gasteiger partial charge in [0.1, 0.15) is 0 Å². The molecule has 0 aromatic heterocycles. The van der Waals surface area contributed by atoms with Crippen molar-refractivity contribution in [1.82, 2.24) is 0 Å². The first-order valence-electron chi connectivity index (χ1n) is 6.62. The standard InChI is InChI=1S/C15H21N/c1-2-12-10-15(12,16)14-9-5-7-11-6-3-4-8-13(11)14/h3-4,6,8,12,14H,2,5,7,9-10,16H2,1H3. The van der Waals surface area contributed by atoms with E-state index < -0.39 is 0 Å². The number of benzene rings is 1. The van der Waals surface area contributed by atoms with E-state index in [0.717, 1.165) is 5.92 Å². The molecule has 3 rings (SSSR count). The van der Waals surface area contributed by atoms with Gasteiger partial charge in [0.2, 0.25) is 0 Å². The van der Waals surface area contributed by atoms with E-state index in [1.165, 1.54) is 32.1 Å². The molecule has 0 aliphatic heterocycles. The molecule has 3 unspecified atom stereocenters. The number of hydrogen-bond acceptors (Lipinski definition) is 1. The first-order chi connectivity index (χ1) is 7.75. The summed E-state index contributed by atoms with van der Waals surface area (Å²) in [6, 6.07) is 8.92. The van der Waals surface area contributed by atoms with Crippen molar-refractivity contribution < 1.29 is 0 Å². The Labute approximate surface area is 98.0 Å². The van der Waals surface area contributed by atoms with Gasteiger partial charge in [-0.15, -0.1) is 0 Å². The van der Waals surface area contributed by atoms with Crippen molar-refractivity contribution in [3.63, 3.8) is 0 Å². The van der Waals surface area contributed by atoms with Crippen molar-refractivity contribution in [3.05, 3.63) is 35.4 Å². The largest absolute Gasteiger partial charge is 0.324 e. The van der Waals surface area contributed by atoms with Crippen molar-refractivity contribution >= 4 is 0 Å². The fourth-order valence-electron chi connectivity index (χ4n) is 3.63. The monoisotopic (exact) mass is 215 g/mol. The Kier molecular flexibility index (Phi) is 2.32. The average Bonchev–Trinajstić information content (AvgIpc) is 3.01. The maximum absolute atomic E-state index is 6.59. The van der Waals surface area contributed by atoms with Gasteiger partial charge in [0.05, 0.1) is 0 Å². The predicted octanol–water partition coefficient (Wildman–Crippen LogP) is 3.23. The van der Waals surface area contributed by atoms with Crippen molar-refractivity contribution in [1.29, 1.82) is 0 Å². The normalized spacial score (nSPS) is 36.9. The van der Waals surface area contributed by atoms with Gasteiger partial charge < -0.3 is 5.73 Å². The summed E-state index contributed by atoms with van der Waals surface area (Å²) in [6.07, 6.45) is 6.35. The summed E-state index contributed by atoms with van der Waals surface area (Å²) in [5.41, 5.74) is 9.82. The lowest BCUT2D eigenvalue weighted by Crippen LogP contribution is -2.35. The summed E-state index contributed by atoms with van der Waals surface area (Å²) in [5, 5.41) is 0. The second-order valence-electron chi connectivity index (χ2n) is 5.57. The van der Waals surface area contributed by atoms with Crippen LogP contribution in [0.2, 0.25) is 0 Å². The van der Waals surface area contributed by atoms with Crippen LogP contribution in [0.1, 0.15) is 49.7 Å². The summed E-state index contributed by atoms with van der Waals surface area (Å²) in [7, 11) is 0. The molecule has 1 heteroatoms. The highest BCUT2D eigenvalue weighted by Gasteiger charge is 2.55. The van der Waals surface area contributed by atoms with E-state index >= 15 is 0 Å². The Bertz CT molecular complexity index is 398. The topological polar surface area (TPSA) is 26.0 Å². The minimum Gasteiger partial charge on any atom is -0.324 e. The molecule has 1 nitrogen and oxygen atoms in total. The number of rotatable bonds is 2. The fourth-order valence-corrected chi connectivity index (χ4v) is 3.63. The van der Waals surface area contributed by atoms with Gasteiger partial charge in [-0.05, 0) is 42.7 Å². The number of hydrogen-bond donors (Lipinski definition) is 1. The summed E-state index contributed by atoms with van der Waals surface area (Å²) in [5.74, 6) is 1.39. The Morgan fingerprint density at radius 1 is 1.38 bits per heavy atom. The molecular weight excluding hydrogens is 194 g/mol. The zero-order valence-corrected chi connectivity index (χ0v) is 10.1. The van der Waals surface area contributed by atoms with Crippen LogP contribution in [-0.2, 0) is 6.42 Å². The SMILES string of the molecule is CCC1CC1(N)C1CCCc2ccccc21. The molecule has 0 saturated heterocycles. The van der Waals surface area contributed by atoms with Crippen LogP contribution in [-0.4, -0.2) is 5.54 Å². The molecule has 16 heavy (non-hydrogen) atoms. The maximum atomic E-state index is 6.59. The van der Waals surface area contributed by atoms with E-state index in [1.807, 2.05) is 0 Å². The van der Waals surface area contributed by atoms with Gasteiger partial charge in [-0.2, -0.15) is 0 Å². The van der Waals surface area contributed by atoms with Crippen molar-refractivity contribution in [2.45, 2.75) is 50.5 Å². The second kappa shape index (κ2) is 3.59. The Morgan fingerprint density at radius 2 is 2.19 bits per heavy atom. The zero-order chi connectivity index (χ0) is 11.2. The van der Waals surface area contributed by atoms with Gasteiger partial charge in [-0.25, -0.2) is 0 Å². The highest BCUT2D eigenvalue weighted by Crippen LogP contribution is 2.55. The number of aryl methyl sites for hydroxylation is 1. The van der Waals surface area contributed by atoms with Gasteiger partial charge in [0, 0.05) is 11.5 Å². The minimum atomic E-state index is 0.130. The van der Waals surface area contributed by atoms with Crippen molar-refractivity contribution in [2.24, 2.45) is 11.7 Å². The first kappa shape index (κ1) is 10.3. The third kappa shape index (κ3) is 1.41. The van der Waals surface area contributed by atoms with Crippen molar-refractivity contribution in [2.75, 3.05) is 0 Å². The molecule has 0 spiro atoms. The molecule has 1 fully saturated rings. The molecular formula is C15H21N. The van der Waals surface area contributed by atoms with Crippen LogP contribution < -0.4 is 5.73 Å². The van der Waals surface area contributed by atoms with Gasteiger partial charge in [-0.1, -0.05) is 37.6 Å². The molecule has 1 aromatic rings. The molecule has 2 aliphatic carbocycles. The van der Waals surface area contributed by atoms with E-state index in [1.54, 1.807) is 11.1 Å². The van der Waals surface area contributed by atoms with Crippen LogP contribution in [0.4, 0.5) is 0 Å². The zero-order valence-electron chi connectivity index (χ0n) is 10.1. The third-order valence-corrected chi connectivity index (χ3v) is 4.71. The van der Waals surface area contributed by atoms with E-state index in [0.29, 0.717) is 5.92 Å². The summed E-state index contributed by atoms with van der Waals surface area (Å²) < 4.78 is 0. The number of fused-ring (bicyclic) bond motifs is 1. The first-order valence-corrected chi connectivity index (χ1v) is 6.62. The third-order valence-electron chi connectivity index (χ3n) is 4.71. The molecule has 3 atom stereocenters. The fraction of sp³-hybridized carbons (Fsp3) is 0.600. The average molecular weight is 215 g/mol. The van der Waals surface area contributed by atoms with Crippen LogP contribution in [0.25, 0.3) is 0 Å².